The molecule has 2 rings (SSSR count). The Labute approximate surface area is 112 Å². The van der Waals surface area contributed by atoms with Gasteiger partial charge >= 0.3 is 5.97 Å². The average molecular weight is 264 g/mol. The molecule has 0 spiro atoms. The molecule has 0 radical (unpaired) electrons. The molecule has 19 heavy (non-hydrogen) atoms. The van der Waals surface area contributed by atoms with Crippen molar-refractivity contribution < 1.29 is 9.53 Å². The van der Waals surface area contributed by atoms with Gasteiger partial charge in [0.05, 0.1) is 6.61 Å². The van der Waals surface area contributed by atoms with Crippen molar-refractivity contribution in [3.05, 3.63) is 27.9 Å². The molecule has 0 saturated carbocycles. The first-order valence-electron chi connectivity index (χ1n) is 6.88. The fraction of sp³-hybridized carbons (Fsp3) is 0.643. The molecule has 104 valence electrons. The van der Waals surface area contributed by atoms with Gasteiger partial charge < -0.3 is 4.74 Å². The molecule has 1 aromatic rings. The van der Waals surface area contributed by atoms with Crippen LogP contribution in [0.5, 0.6) is 0 Å². The van der Waals surface area contributed by atoms with Crippen LogP contribution in [0.3, 0.4) is 0 Å². The van der Waals surface area contributed by atoms with Crippen molar-refractivity contribution in [3.8, 4) is 0 Å². The topological polar surface area (TPSA) is 61.2 Å². The minimum absolute atomic E-state index is 0.00139. The summed E-state index contributed by atoms with van der Waals surface area (Å²) in [7, 11) is 0. The SMILES string of the molecule is CCOC(=O)CCc1cnc2n(c1=O)C(C)CCC2. The lowest BCUT2D eigenvalue weighted by Gasteiger charge is -2.24. The number of fused-ring (bicyclic) bond motifs is 1. The Morgan fingerprint density at radius 2 is 2.37 bits per heavy atom. The van der Waals surface area contributed by atoms with E-state index < -0.39 is 0 Å². The number of rotatable bonds is 4. The molecule has 0 N–H and O–H groups in total. The third kappa shape index (κ3) is 3.03. The first-order valence-corrected chi connectivity index (χ1v) is 6.88. The van der Waals surface area contributed by atoms with Crippen molar-refractivity contribution in [2.75, 3.05) is 6.61 Å². The number of carbonyl (C=O) groups excluding carboxylic acids is 1. The summed E-state index contributed by atoms with van der Waals surface area (Å²) in [5.41, 5.74) is 0.604. The predicted octanol–water partition coefficient (Wildman–Crippen LogP) is 1.64. The largest absolute Gasteiger partial charge is 0.466 e. The fourth-order valence-electron chi connectivity index (χ4n) is 2.51. The Morgan fingerprint density at radius 3 is 3.11 bits per heavy atom. The van der Waals surface area contributed by atoms with Crippen LogP contribution in [0.2, 0.25) is 0 Å². The van der Waals surface area contributed by atoms with Crippen molar-refractivity contribution in [1.82, 2.24) is 9.55 Å². The number of hydrogen-bond donors (Lipinski definition) is 0. The predicted molar refractivity (Wildman–Crippen MR) is 71.1 cm³/mol. The van der Waals surface area contributed by atoms with Gasteiger partial charge in [-0.1, -0.05) is 0 Å². The third-order valence-corrected chi connectivity index (χ3v) is 3.51. The van der Waals surface area contributed by atoms with Crippen LogP contribution in [0.4, 0.5) is 0 Å². The molecule has 0 aliphatic carbocycles. The molecule has 2 heterocycles. The van der Waals surface area contributed by atoms with Crippen LogP contribution in [-0.2, 0) is 22.4 Å². The summed E-state index contributed by atoms with van der Waals surface area (Å²) in [6, 6.07) is 0.200. The van der Waals surface area contributed by atoms with Gasteiger partial charge in [-0.05, 0) is 33.1 Å². The van der Waals surface area contributed by atoms with Gasteiger partial charge in [-0.2, -0.15) is 0 Å². The highest BCUT2D eigenvalue weighted by Gasteiger charge is 2.19. The second kappa shape index (κ2) is 5.99. The summed E-state index contributed by atoms with van der Waals surface area (Å²) < 4.78 is 6.65. The van der Waals surface area contributed by atoms with Crippen molar-refractivity contribution in [2.45, 2.75) is 52.0 Å². The van der Waals surface area contributed by atoms with Crippen molar-refractivity contribution >= 4 is 5.97 Å². The van der Waals surface area contributed by atoms with Crippen LogP contribution in [0.25, 0.3) is 0 Å². The lowest BCUT2D eigenvalue weighted by Crippen LogP contribution is -2.33. The number of nitrogens with zero attached hydrogens (tertiary/aromatic N) is 2. The number of carbonyl (C=O) groups is 1. The molecule has 1 aromatic heterocycles. The minimum Gasteiger partial charge on any atom is -0.466 e. The number of hydrogen-bond acceptors (Lipinski definition) is 4. The molecule has 0 amide bonds. The molecule has 1 atom stereocenters. The zero-order chi connectivity index (χ0) is 13.8. The highest BCUT2D eigenvalue weighted by Crippen LogP contribution is 2.20. The summed E-state index contributed by atoms with van der Waals surface area (Å²) in [5.74, 6) is 0.598. The van der Waals surface area contributed by atoms with Crippen LogP contribution in [0, 0.1) is 0 Å². The maximum absolute atomic E-state index is 12.4. The van der Waals surface area contributed by atoms with E-state index in [1.54, 1.807) is 17.7 Å². The molecule has 5 heteroatoms. The van der Waals surface area contributed by atoms with Gasteiger partial charge in [-0.15, -0.1) is 0 Å². The first-order chi connectivity index (χ1) is 9.13. The number of aryl methyl sites for hydroxylation is 2. The summed E-state index contributed by atoms with van der Waals surface area (Å²) in [6.45, 7) is 4.19. The Kier molecular flexibility index (Phi) is 4.35. The minimum atomic E-state index is -0.266. The summed E-state index contributed by atoms with van der Waals surface area (Å²) in [6.07, 6.45) is 5.20. The molecule has 0 aromatic carbocycles. The van der Waals surface area contributed by atoms with E-state index in [1.807, 2.05) is 6.92 Å². The van der Waals surface area contributed by atoms with E-state index in [1.165, 1.54) is 0 Å². The van der Waals surface area contributed by atoms with Crippen molar-refractivity contribution in [3.63, 3.8) is 0 Å². The van der Waals surface area contributed by atoms with Gasteiger partial charge in [-0.3, -0.25) is 14.2 Å². The smallest absolute Gasteiger partial charge is 0.306 e. The van der Waals surface area contributed by atoms with E-state index in [4.69, 9.17) is 4.74 Å². The second-order valence-corrected chi connectivity index (χ2v) is 4.92. The normalized spacial score (nSPS) is 17.9. The van der Waals surface area contributed by atoms with Crippen LogP contribution < -0.4 is 5.56 Å². The quantitative estimate of drug-likeness (QED) is 0.776. The van der Waals surface area contributed by atoms with E-state index in [0.29, 0.717) is 18.6 Å². The van der Waals surface area contributed by atoms with E-state index in [0.717, 1.165) is 25.1 Å². The van der Waals surface area contributed by atoms with Gasteiger partial charge in [0.2, 0.25) is 0 Å². The van der Waals surface area contributed by atoms with E-state index in [9.17, 15) is 9.59 Å². The van der Waals surface area contributed by atoms with Gasteiger partial charge in [0, 0.05) is 30.6 Å². The molecular weight excluding hydrogens is 244 g/mol. The highest BCUT2D eigenvalue weighted by molar-refractivity contribution is 5.69. The number of aromatic nitrogens is 2. The van der Waals surface area contributed by atoms with Crippen LogP contribution in [-0.4, -0.2) is 22.1 Å². The standard InChI is InChI=1S/C14H20N2O3/c1-3-19-13(17)8-7-11-9-15-12-6-4-5-10(2)16(12)14(11)18/h9-10H,3-8H2,1-2H3. The molecular formula is C14H20N2O3. The Hall–Kier alpha value is -1.65. The zero-order valence-corrected chi connectivity index (χ0v) is 11.5. The lowest BCUT2D eigenvalue weighted by molar-refractivity contribution is -0.143. The Morgan fingerprint density at radius 1 is 1.58 bits per heavy atom. The second-order valence-electron chi connectivity index (χ2n) is 4.92. The number of esters is 1. The van der Waals surface area contributed by atoms with Crippen molar-refractivity contribution in [1.29, 1.82) is 0 Å². The van der Waals surface area contributed by atoms with Crippen LogP contribution in [0.15, 0.2) is 11.0 Å². The molecule has 1 aliphatic rings. The molecule has 1 unspecified atom stereocenters. The molecule has 0 saturated heterocycles. The highest BCUT2D eigenvalue weighted by atomic mass is 16.5. The maximum Gasteiger partial charge on any atom is 0.306 e. The maximum atomic E-state index is 12.4. The third-order valence-electron chi connectivity index (χ3n) is 3.51. The van der Waals surface area contributed by atoms with E-state index >= 15 is 0 Å². The lowest BCUT2D eigenvalue weighted by atomic mass is 10.0. The van der Waals surface area contributed by atoms with E-state index in [2.05, 4.69) is 4.98 Å². The van der Waals surface area contributed by atoms with Gasteiger partial charge in [0.15, 0.2) is 0 Å². The summed E-state index contributed by atoms with van der Waals surface area (Å²) in [4.78, 5) is 28.1. The Bertz CT molecular complexity index is 522. The molecule has 0 bridgehead atoms. The average Bonchev–Trinajstić information content (AvgIpc) is 2.38. The first kappa shape index (κ1) is 13.8. The molecule has 1 aliphatic heterocycles. The molecule has 5 nitrogen and oxygen atoms in total. The van der Waals surface area contributed by atoms with Gasteiger partial charge in [-0.25, -0.2) is 4.98 Å². The van der Waals surface area contributed by atoms with Gasteiger partial charge in [0.25, 0.3) is 5.56 Å². The summed E-state index contributed by atoms with van der Waals surface area (Å²) in [5, 5.41) is 0. The van der Waals surface area contributed by atoms with Crippen LogP contribution in [0.1, 0.15) is 50.5 Å². The van der Waals surface area contributed by atoms with E-state index in [-0.39, 0.29) is 24.0 Å². The monoisotopic (exact) mass is 264 g/mol. The summed E-state index contributed by atoms with van der Waals surface area (Å²) >= 11 is 0. The van der Waals surface area contributed by atoms with Gasteiger partial charge in [0.1, 0.15) is 5.82 Å². The fourth-order valence-corrected chi connectivity index (χ4v) is 2.51. The number of ether oxygens (including phenoxy) is 1. The van der Waals surface area contributed by atoms with Crippen LogP contribution >= 0.6 is 0 Å². The van der Waals surface area contributed by atoms with Crippen molar-refractivity contribution in [2.24, 2.45) is 0 Å². The molecule has 0 fully saturated rings. The zero-order valence-electron chi connectivity index (χ0n) is 11.5. The Balaban J connectivity index is 2.17.